The Morgan fingerprint density at radius 3 is 0.946 bits per heavy atom. The van der Waals surface area contributed by atoms with E-state index in [0.717, 1.165) is 28.4 Å². The van der Waals surface area contributed by atoms with Gasteiger partial charge in [-0.2, -0.15) is 0 Å². The molecule has 0 bridgehead atoms. The van der Waals surface area contributed by atoms with E-state index in [1.54, 1.807) is 0 Å². The van der Waals surface area contributed by atoms with Crippen LogP contribution in [-0.4, -0.2) is 0 Å². The first-order chi connectivity index (χ1) is 54.8. The van der Waals surface area contributed by atoms with E-state index in [1.165, 1.54) is 214 Å². The molecule has 0 radical (unpaired) electrons. The van der Waals surface area contributed by atoms with Crippen molar-refractivity contribution in [1.29, 1.82) is 0 Å². The summed E-state index contributed by atoms with van der Waals surface area (Å²) in [7, 11) is 0. The van der Waals surface area contributed by atoms with Crippen molar-refractivity contribution in [3.8, 4) is 55.6 Å². The molecule has 21 aromatic rings. The molecule has 2 heteroatoms. The van der Waals surface area contributed by atoms with Crippen LogP contribution in [0.15, 0.2) is 352 Å². The molecule has 2 nitrogen and oxygen atoms in total. The Morgan fingerprint density at radius 1 is 0.170 bits per heavy atom. The van der Waals surface area contributed by atoms with Gasteiger partial charge in [-0.05, 0) is 303 Å². The molecule has 0 fully saturated rings. The lowest BCUT2D eigenvalue weighted by Gasteiger charge is -2.30. The van der Waals surface area contributed by atoms with Crippen molar-refractivity contribution in [3.05, 3.63) is 396 Å². The third-order valence-electron chi connectivity index (χ3n) is 23.6. The van der Waals surface area contributed by atoms with Crippen LogP contribution in [-0.2, 0) is 0 Å². The summed E-state index contributed by atoms with van der Waals surface area (Å²) >= 11 is 0. The molecule has 21 aromatic carbocycles. The van der Waals surface area contributed by atoms with E-state index in [1.807, 2.05) is 0 Å². The zero-order chi connectivity index (χ0) is 75.6. The van der Waals surface area contributed by atoms with Crippen LogP contribution in [0.1, 0.15) is 44.5 Å². The average Bonchev–Trinajstić information content (AvgIpc) is 0.738. The first kappa shape index (κ1) is 67.7. The minimum absolute atomic E-state index is 1.13. The van der Waals surface area contributed by atoms with Crippen LogP contribution in [0.2, 0.25) is 0 Å². The van der Waals surface area contributed by atoms with Crippen molar-refractivity contribution in [1.82, 2.24) is 0 Å². The molecular formula is C110H82N2. The molecule has 0 unspecified atom stereocenters. The van der Waals surface area contributed by atoms with Crippen LogP contribution in [0.25, 0.3) is 163 Å². The van der Waals surface area contributed by atoms with Crippen LogP contribution in [0.4, 0.5) is 34.1 Å². The largest absolute Gasteiger partial charge is 0.311 e. The molecule has 0 amide bonds. The molecule has 0 aliphatic heterocycles. The minimum Gasteiger partial charge on any atom is -0.311 e. The fourth-order valence-electron chi connectivity index (χ4n) is 18.5. The summed E-state index contributed by atoms with van der Waals surface area (Å²) in [6.07, 6.45) is 0. The molecule has 0 spiro atoms. The zero-order valence-electron chi connectivity index (χ0n) is 64.4. The third kappa shape index (κ3) is 11.6. The van der Waals surface area contributed by atoms with Crippen molar-refractivity contribution in [2.45, 2.75) is 55.4 Å². The molecule has 21 rings (SSSR count). The van der Waals surface area contributed by atoms with Crippen molar-refractivity contribution in [2.75, 3.05) is 9.80 Å². The number of rotatable bonds is 11. The summed E-state index contributed by atoms with van der Waals surface area (Å²) in [4.78, 5) is 4.79. The second kappa shape index (κ2) is 27.2. The Kier molecular flexibility index (Phi) is 16.4. The van der Waals surface area contributed by atoms with Gasteiger partial charge in [-0.1, -0.05) is 301 Å². The van der Waals surface area contributed by atoms with Gasteiger partial charge in [0.1, 0.15) is 0 Å². The maximum Gasteiger partial charge on any atom is 0.0618 e. The van der Waals surface area contributed by atoms with Crippen molar-refractivity contribution >= 4 is 142 Å². The Labute approximate surface area is 654 Å². The molecule has 0 saturated carbocycles. The van der Waals surface area contributed by atoms with Crippen LogP contribution in [0.3, 0.4) is 0 Å². The van der Waals surface area contributed by atoms with Crippen molar-refractivity contribution in [3.63, 3.8) is 0 Å². The van der Waals surface area contributed by atoms with Crippen LogP contribution >= 0.6 is 0 Å². The zero-order valence-corrected chi connectivity index (χ0v) is 64.4. The summed E-state index contributed by atoms with van der Waals surface area (Å²) in [6, 6.07) is 132. The molecule has 0 atom stereocenters. The molecule has 0 heterocycles. The highest BCUT2D eigenvalue weighted by Crippen LogP contribution is 2.52. The summed E-state index contributed by atoms with van der Waals surface area (Å²) < 4.78 is 0. The molecule has 532 valence electrons. The van der Waals surface area contributed by atoms with E-state index in [2.05, 4.69) is 417 Å². The van der Waals surface area contributed by atoms with Gasteiger partial charge >= 0.3 is 0 Å². The first-order valence-electron chi connectivity index (χ1n) is 39.3. The van der Waals surface area contributed by atoms with Gasteiger partial charge in [0, 0.05) is 39.2 Å². The maximum atomic E-state index is 2.45. The van der Waals surface area contributed by atoms with E-state index in [-0.39, 0.29) is 0 Å². The molecular weight excluding hydrogens is 1350 g/mol. The monoisotopic (exact) mass is 1430 g/mol. The van der Waals surface area contributed by atoms with E-state index in [4.69, 9.17) is 0 Å². The minimum atomic E-state index is 1.13. The van der Waals surface area contributed by atoms with Gasteiger partial charge in [0.25, 0.3) is 0 Å². The van der Waals surface area contributed by atoms with Crippen LogP contribution < -0.4 is 9.80 Å². The van der Waals surface area contributed by atoms with E-state index in [0.29, 0.717) is 0 Å². The molecule has 0 aliphatic carbocycles. The average molecular weight is 1430 g/mol. The second-order valence-corrected chi connectivity index (χ2v) is 31.3. The van der Waals surface area contributed by atoms with Gasteiger partial charge in [-0.25, -0.2) is 0 Å². The SMILES string of the molecule is Cc1ccc(N(c2ccc(C)cc2)c2c3ccccc3c(-c3cc(C)cc(-c4cc(C)c5ccc6cc(C)cc7ccc4c5c67)c3)c3ccccc23)cc1.Cc1ccc(N(c2ccc(C)cc2)c2ccc(-c3c4ccccc4c(-c4cc(C)cc(-c5ccc6ccc7cccc8ccc5c6c78)c4)c4ccccc34)cc2)cc1. The summed E-state index contributed by atoms with van der Waals surface area (Å²) in [5.74, 6) is 0. The second-order valence-electron chi connectivity index (χ2n) is 31.3. The Bertz CT molecular complexity index is 7050. The van der Waals surface area contributed by atoms with Gasteiger partial charge in [-0.15, -0.1) is 0 Å². The molecule has 112 heavy (non-hydrogen) atoms. The number of fused-ring (bicyclic) bond motifs is 4. The number of hydrogen-bond donors (Lipinski definition) is 0. The number of benzene rings is 21. The van der Waals surface area contributed by atoms with Crippen LogP contribution in [0, 0.1) is 55.4 Å². The third-order valence-corrected chi connectivity index (χ3v) is 23.6. The highest BCUT2D eigenvalue weighted by atomic mass is 15.1. The van der Waals surface area contributed by atoms with E-state index >= 15 is 0 Å². The predicted molar refractivity (Wildman–Crippen MR) is 485 cm³/mol. The predicted octanol–water partition coefficient (Wildman–Crippen LogP) is 31.5. The van der Waals surface area contributed by atoms with Crippen molar-refractivity contribution < 1.29 is 0 Å². The summed E-state index contributed by atoms with van der Waals surface area (Å²) in [6.45, 7) is 17.5. The van der Waals surface area contributed by atoms with Crippen LogP contribution in [0.5, 0.6) is 0 Å². The molecule has 0 aromatic heterocycles. The Hall–Kier alpha value is -13.7. The number of hydrogen-bond acceptors (Lipinski definition) is 2. The highest BCUT2D eigenvalue weighted by Gasteiger charge is 2.26. The molecule has 0 N–H and O–H groups in total. The van der Waals surface area contributed by atoms with E-state index in [9.17, 15) is 0 Å². The van der Waals surface area contributed by atoms with Crippen molar-refractivity contribution in [2.24, 2.45) is 0 Å². The quantitative estimate of drug-likeness (QED) is 0.0941. The number of nitrogens with zero attached hydrogens (tertiary/aromatic N) is 2. The van der Waals surface area contributed by atoms with Gasteiger partial charge in [0.2, 0.25) is 0 Å². The summed E-state index contributed by atoms with van der Waals surface area (Å²) in [5, 5.41) is 25.8. The standard InChI is InChI=1S/C57H41N.C53H41N/c1-36-15-25-45(26-16-36)58(46-27-17-37(2)18-28-46)47-29-21-41(22-30-47)55-49-11-4-6-13-51(49)56(52-14-7-5-12-50(52)55)44-34-38(3)33-43(35-44)48-31-23-42-20-19-39-9-8-10-40-24-32-53(48)57(42)54(39)40;1-32-14-20-41(21-15-32)54(42-22-16-33(2)17-23-42)53-47-12-8-6-10-44(47)51(45-11-7-9-13-48(45)53)40-29-35(4)28-39(31-40)49-30-36(5)43-24-18-37-26-34(3)27-38-19-25-46(49)52(43)50(37)38/h4-35H,1-3H3;6-31H,1-5H3. The maximum absolute atomic E-state index is 2.45. The first-order valence-corrected chi connectivity index (χ1v) is 39.3. The lowest BCUT2D eigenvalue weighted by atomic mass is 9.84. The van der Waals surface area contributed by atoms with Gasteiger partial charge in [0.05, 0.1) is 5.69 Å². The lowest BCUT2D eigenvalue weighted by molar-refractivity contribution is 1.27. The van der Waals surface area contributed by atoms with E-state index < -0.39 is 0 Å². The highest BCUT2D eigenvalue weighted by molar-refractivity contribution is 6.29. The Balaban J connectivity index is 0.000000146. The lowest BCUT2D eigenvalue weighted by Crippen LogP contribution is -2.11. The molecule has 0 aliphatic rings. The number of anilines is 6. The van der Waals surface area contributed by atoms with Gasteiger partial charge in [-0.3, -0.25) is 0 Å². The summed E-state index contributed by atoms with van der Waals surface area (Å²) in [5.41, 5.74) is 29.5. The van der Waals surface area contributed by atoms with Gasteiger partial charge < -0.3 is 9.80 Å². The fraction of sp³-hybridized carbons (Fsp3) is 0.0727. The smallest absolute Gasteiger partial charge is 0.0618 e. The Morgan fingerprint density at radius 2 is 0.491 bits per heavy atom. The number of aryl methyl sites for hydroxylation is 8. The fourth-order valence-corrected chi connectivity index (χ4v) is 18.5. The normalized spacial score (nSPS) is 11.8. The topological polar surface area (TPSA) is 6.48 Å². The van der Waals surface area contributed by atoms with Gasteiger partial charge in [0.15, 0.2) is 0 Å². The molecule has 0 saturated heterocycles.